The lowest BCUT2D eigenvalue weighted by Gasteiger charge is -2.41. The van der Waals surface area contributed by atoms with Gasteiger partial charge in [-0.2, -0.15) is 5.26 Å². The lowest BCUT2D eigenvalue weighted by molar-refractivity contribution is -0.146. The van der Waals surface area contributed by atoms with Crippen molar-refractivity contribution in [3.05, 3.63) is 34.7 Å². The zero-order chi connectivity index (χ0) is 20.5. The number of ether oxygens (including phenoxy) is 2. The van der Waals surface area contributed by atoms with Crippen LogP contribution < -0.4 is 0 Å². The van der Waals surface area contributed by atoms with E-state index in [4.69, 9.17) is 9.47 Å². The molecule has 148 valence electrons. The highest BCUT2D eigenvalue weighted by molar-refractivity contribution is 6.09. The number of allylic oxidation sites excluding steroid dienone is 1. The molecule has 1 aromatic rings. The maximum Gasteiger partial charge on any atom is 0.303 e. The van der Waals surface area contributed by atoms with Gasteiger partial charge >= 0.3 is 5.97 Å². The molecule has 0 aromatic carbocycles. The summed E-state index contributed by atoms with van der Waals surface area (Å²) in [6, 6.07) is 3.95. The summed E-state index contributed by atoms with van der Waals surface area (Å²) >= 11 is 0. The molecule has 1 atom stereocenters. The highest BCUT2D eigenvalue weighted by Gasteiger charge is 2.35. The Hall–Kier alpha value is -2.72. The summed E-state index contributed by atoms with van der Waals surface area (Å²) < 4.78 is 10.9. The maximum atomic E-state index is 12.6. The highest BCUT2D eigenvalue weighted by atomic mass is 16.5. The van der Waals surface area contributed by atoms with Gasteiger partial charge in [0.15, 0.2) is 5.78 Å². The standard InChI is InChI=1S/C21H25N3O4/c1-13(28-14(2)25)18-10-16-15(12-23-18)9-19(26)17(11-22)20(16)24-7-5-21(3,27-4)6-8-24/h10,12-13H,5-9H2,1-4H3. The average Bonchev–Trinajstić information content (AvgIpc) is 2.67. The van der Waals surface area contributed by atoms with Gasteiger partial charge in [-0.3, -0.25) is 14.6 Å². The van der Waals surface area contributed by atoms with Gasteiger partial charge < -0.3 is 14.4 Å². The zero-order valence-electron chi connectivity index (χ0n) is 16.7. The van der Waals surface area contributed by atoms with Gasteiger partial charge in [-0.25, -0.2) is 0 Å². The normalized spacial score (nSPS) is 19.7. The molecule has 1 fully saturated rings. The van der Waals surface area contributed by atoms with Crippen LogP contribution in [0.2, 0.25) is 0 Å². The fraction of sp³-hybridized carbons (Fsp3) is 0.524. The molecule has 1 aliphatic heterocycles. The molecule has 0 N–H and O–H groups in total. The van der Waals surface area contributed by atoms with E-state index < -0.39 is 6.10 Å². The second-order valence-corrected chi connectivity index (χ2v) is 7.59. The molecule has 0 saturated carbocycles. The van der Waals surface area contributed by atoms with Crippen LogP contribution in [-0.4, -0.2) is 47.4 Å². The Bertz CT molecular complexity index is 876. The minimum absolute atomic E-state index is 0.153. The van der Waals surface area contributed by atoms with Gasteiger partial charge in [0.25, 0.3) is 0 Å². The van der Waals surface area contributed by atoms with Crippen LogP contribution in [0.5, 0.6) is 0 Å². The van der Waals surface area contributed by atoms with Gasteiger partial charge in [-0.15, -0.1) is 0 Å². The molecule has 0 radical (unpaired) electrons. The number of nitrogens with zero attached hydrogens (tertiary/aromatic N) is 3. The second kappa shape index (κ2) is 7.72. The first-order valence-electron chi connectivity index (χ1n) is 9.42. The number of hydrogen-bond donors (Lipinski definition) is 0. The number of carbonyl (C=O) groups excluding carboxylic acids is 2. The SMILES string of the molecule is COC1(C)CCN(C2=C(C#N)C(=O)Cc3cnc(C(C)OC(C)=O)cc32)CC1. The number of pyridine rings is 1. The number of rotatable bonds is 4. The van der Waals surface area contributed by atoms with Crippen molar-refractivity contribution in [3.63, 3.8) is 0 Å². The van der Waals surface area contributed by atoms with Gasteiger partial charge in [0.05, 0.1) is 17.0 Å². The van der Waals surface area contributed by atoms with E-state index in [1.54, 1.807) is 20.2 Å². The van der Waals surface area contributed by atoms with Crippen molar-refractivity contribution in [2.24, 2.45) is 0 Å². The fourth-order valence-corrected chi connectivity index (χ4v) is 3.77. The number of piperidine rings is 1. The molecule has 1 unspecified atom stereocenters. The number of carbonyl (C=O) groups is 2. The molecule has 28 heavy (non-hydrogen) atoms. The van der Waals surface area contributed by atoms with Crippen LogP contribution in [0.1, 0.15) is 56.5 Å². The third-order valence-electron chi connectivity index (χ3n) is 5.63. The first-order chi connectivity index (χ1) is 13.3. The molecule has 7 heteroatoms. The van der Waals surface area contributed by atoms with Gasteiger partial charge in [0, 0.05) is 45.3 Å². The van der Waals surface area contributed by atoms with Crippen LogP contribution in [0.3, 0.4) is 0 Å². The summed E-state index contributed by atoms with van der Waals surface area (Å²) in [7, 11) is 1.71. The van der Waals surface area contributed by atoms with Crippen LogP contribution in [0, 0.1) is 11.3 Å². The number of fused-ring (bicyclic) bond motifs is 1. The average molecular weight is 383 g/mol. The monoisotopic (exact) mass is 383 g/mol. The molecule has 1 saturated heterocycles. The minimum Gasteiger partial charge on any atom is -0.456 e. The quantitative estimate of drug-likeness (QED) is 0.738. The van der Waals surface area contributed by atoms with E-state index >= 15 is 0 Å². The van der Waals surface area contributed by atoms with Crippen molar-refractivity contribution in [1.82, 2.24) is 9.88 Å². The summed E-state index contributed by atoms with van der Waals surface area (Å²) in [4.78, 5) is 30.3. The number of likely N-dealkylation sites (tertiary alicyclic amines) is 1. The Kier molecular flexibility index (Phi) is 5.52. The molecule has 2 heterocycles. The van der Waals surface area contributed by atoms with Crippen LogP contribution in [-0.2, 0) is 25.5 Å². The van der Waals surface area contributed by atoms with Crippen molar-refractivity contribution in [2.75, 3.05) is 20.2 Å². The Labute approximate surface area is 164 Å². The van der Waals surface area contributed by atoms with Crippen molar-refractivity contribution >= 4 is 17.4 Å². The van der Waals surface area contributed by atoms with Gasteiger partial charge in [-0.05, 0) is 38.3 Å². The maximum absolute atomic E-state index is 12.6. The van der Waals surface area contributed by atoms with E-state index in [1.165, 1.54) is 6.92 Å². The number of esters is 1. The molecule has 1 aliphatic carbocycles. The minimum atomic E-state index is -0.509. The molecular formula is C21H25N3O4. The van der Waals surface area contributed by atoms with E-state index in [0.717, 1.165) is 24.0 Å². The fourth-order valence-electron chi connectivity index (χ4n) is 3.77. The largest absolute Gasteiger partial charge is 0.456 e. The predicted octanol–water partition coefficient (Wildman–Crippen LogP) is 2.57. The first kappa shape index (κ1) is 20.0. The van der Waals surface area contributed by atoms with Gasteiger partial charge in [0.2, 0.25) is 0 Å². The topological polar surface area (TPSA) is 92.5 Å². The Morgan fingerprint density at radius 3 is 2.64 bits per heavy atom. The number of ketones is 1. The van der Waals surface area contributed by atoms with Crippen LogP contribution in [0.25, 0.3) is 5.70 Å². The summed E-state index contributed by atoms with van der Waals surface area (Å²) in [6.07, 6.45) is 2.90. The molecule has 3 rings (SSSR count). The van der Waals surface area contributed by atoms with Crippen LogP contribution >= 0.6 is 0 Å². The molecule has 7 nitrogen and oxygen atoms in total. The smallest absolute Gasteiger partial charge is 0.303 e. The Morgan fingerprint density at radius 1 is 1.39 bits per heavy atom. The summed E-state index contributed by atoms with van der Waals surface area (Å²) in [5.41, 5.74) is 2.85. The van der Waals surface area contributed by atoms with Crippen molar-refractivity contribution < 1.29 is 19.1 Å². The van der Waals surface area contributed by atoms with E-state index in [9.17, 15) is 14.9 Å². The summed E-state index contributed by atoms with van der Waals surface area (Å²) in [5, 5.41) is 9.67. The van der Waals surface area contributed by atoms with E-state index in [1.807, 2.05) is 6.07 Å². The third kappa shape index (κ3) is 3.78. The number of methoxy groups -OCH3 is 1. The molecule has 0 amide bonds. The van der Waals surface area contributed by atoms with Gasteiger partial charge in [-0.1, -0.05) is 0 Å². The molecule has 0 spiro atoms. The first-order valence-corrected chi connectivity index (χ1v) is 9.42. The second-order valence-electron chi connectivity index (χ2n) is 7.59. The van der Waals surface area contributed by atoms with Crippen molar-refractivity contribution in [3.8, 4) is 6.07 Å². The van der Waals surface area contributed by atoms with Crippen LogP contribution in [0.15, 0.2) is 17.8 Å². The van der Waals surface area contributed by atoms with Crippen molar-refractivity contribution in [2.45, 2.75) is 51.7 Å². The number of nitriles is 1. The predicted molar refractivity (Wildman–Crippen MR) is 102 cm³/mol. The number of aromatic nitrogens is 1. The number of Topliss-reactive ketones (excluding diaryl/α,β-unsaturated/α-hetero) is 1. The van der Waals surface area contributed by atoms with E-state index in [2.05, 4.69) is 22.9 Å². The van der Waals surface area contributed by atoms with Gasteiger partial charge in [0.1, 0.15) is 17.7 Å². The van der Waals surface area contributed by atoms with E-state index in [-0.39, 0.29) is 29.3 Å². The lowest BCUT2D eigenvalue weighted by Crippen LogP contribution is -2.43. The molecular weight excluding hydrogens is 358 g/mol. The molecule has 1 aromatic heterocycles. The van der Waals surface area contributed by atoms with Crippen molar-refractivity contribution in [1.29, 1.82) is 5.26 Å². The molecule has 0 bridgehead atoms. The highest BCUT2D eigenvalue weighted by Crippen LogP contribution is 2.37. The Morgan fingerprint density at radius 2 is 2.07 bits per heavy atom. The third-order valence-corrected chi connectivity index (χ3v) is 5.63. The number of hydrogen-bond acceptors (Lipinski definition) is 7. The lowest BCUT2D eigenvalue weighted by atomic mass is 9.86. The summed E-state index contributed by atoms with van der Waals surface area (Å²) in [6.45, 7) is 6.56. The van der Waals surface area contributed by atoms with E-state index in [0.29, 0.717) is 24.5 Å². The Balaban J connectivity index is 2.02. The summed E-state index contributed by atoms with van der Waals surface area (Å²) in [5.74, 6) is -0.571. The van der Waals surface area contributed by atoms with Crippen LogP contribution in [0.4, 0.5) is 0 Å². The molecule has 2 aliphatic rings. The zero-order valence-corrected chi connectivity index (χ0v) is 16.7.